The number of fused-ring (bicyclic) bond motifs is 1. The molecule has 13 heteroatoms. The number of likely N-dealkylation sites (N-methyl/N-ethyl adjacent to an activating group) is 2. The summed E-state index contributed by atoms with van der Waals surface area (Å²) in [5, 5.41) is 27.7. The van der Waals surface area contributed by atoms with Crippen molar-refractivity contribution < 1.29 is 19.7 Å². The molecule has 0 spiro atoms. The molecule has 0 bridgehead atoms. The van der Waals surface area contributed by atoms with Crippen LogP contribution in [0.5, 0.6) is 5.75 Å². The second kappa shape index (κ2) is 16.2. The molecule has 0 aliphatic heterocycles. The van der Waals surface area contributed by atoms with Crippen molar-refractivity contribution in [3.63, 3.8) is 0 Å². The lowest BCUT2D eigenvalue weighted by Crippen LogP contribution is -2.31. The standard InChI is InChI=1S/C33H45N7O4S2/c1-21(41)45-19-23(20-46-22(2)42)32(43)35-27-16-28(31(44-7)17-30(27)39(5)15-14-38(3)4)37-33-34-13-12-26(36-33)25-18-40(6)29-11-9-8-10-24(25)29/h8-13,16-18,23,41-42,45-46H,14-15,19-20H2,1-7H3,(H,35,43)(H,34,36,37). The molecule has 0 fully saturated rings. The number of amides is 1. The SMILES string of the molecule is COc1cc(N(C)CCN(C)C)c(NC(=O)C(C[SH]=C(C)O)C[SH]=C(C)O)cc1Nc1nccc(-c2cn(C)c3ccccc23)n1. The summed E-state index contributed by atoms with van der Waals surface area (Å²) in [5.41, 5.74) is 4.84. The van der Waals surface area contributed by atoms with Crippen LogP contribution < -0.4 is 20.3 Å². The highest BCUT2D eigenvalue weighted by atomic mass is 32.1. The molecule has 2 aromatic carbocycles. The zero-order valence-electron chi connectivity index (χ0n) is 27.4. The number of aryl methyl sites for hydroxylation is 1. The first-order valence-electron chi connectivity index (χ1n) is 14.9. The van der Waals surface area contributed by atoms with E-state index in [1.54, 1.807) is 27.2 Å². The van der Waals surface area contributed by atoms with Crippen molar-refractivity contribution in [3.05, 3.63) is 54.9 Å². The van der Waals surface area contributed by atoms with Crippen LogP contribution in [0.4, 0.5) is 23.0 Å². The van der Waals surface area contributed by atoms with E-state index in [1.807, 2.05) is 58.5 Å². The highest BCUT2D eigenvalue weighted by Gasteiger charge is 2.22. The summed E-state index contributed by atoms with van der Waals surface area (Å²) in [5.74, 6) is 1.16. The Hall–Kier alpha value is -3.75. The van der Waals surface area contributed by atoms with E-state index in [-0.39, 0.29) is 16.0 Å². The van der Waals surface area contributed by atoms with E-state index in [0.717, 1.165) is 34.4 Å². The maximum absolute atomic E-state index is 13.7. The molecule has 4 rings (SSSR count). The van der Waals surface area contributed by atoms with Gasteiger partial charge in [-0.3, -0.25) is 4.79 Å². The van der Waals surface area contributed by atoms with Crippen molar-refractivity contribution in [3.8, 4) is 17.0 Å². The van der Waals surface area contributed by atoms with Crippen LogP contribution in [-0.4, -0.2) is 98.5 Å². The third kappa shape index (κ3) is 9.17. The lowest BCUT2D eigenvalue weighted by molar-refractivity contribution is -0.118. The number of rotatable bonds is 14. The highest BCUT2D eigenvalue weighted by molar-refractivity contribution is 7.99. The number of aromatic nitrogens is 3. The van der Waals surface area contributed by atoms with E-state index < -0.39 is 5.92 Å². The van der Waals surface area contributed by atoms with Gasteiger partial charge in [0, 0.05) is 62.1 Å². The Morgan fingerprint density at radius 2 is 1.72 bits per heavy atom. The fourth-order valence-corrected chi connectivity index (χ4v) is 6.66. The van der Waals surface area contributed by atoms with Crippen LogP contribution >= 0.6 is 22.7 Å². The van der Waals surface area contributed by atoms with Crippen LogP contribution in [0.3, 0.4) is 0 Å². The number of carbonyl (C=O) groups excluding carboxylic acids is 1. The zero-order valence-corrected chi connectivity index (χ0v) is 29.2. The van der Waals surface area contributed by atoms with E-state index in [4.69, 9.17) is 9.72 Å². The summed E-state index contributed by atoms with van der Waals surface area (Å²) in [6, 6.07) is 13.8. The van der Waals surface area contributed by atoms with Gasteiger partial charge in [-0.05, 0) is 57.6 Å². The molecule has 0 radical (unpaired) electrons. The number of carbonyl (C=O) groups is 1. The molecule has 0 unspecified atom stereocenters. The van der Waals surface area contributed by atoms with Crippen molar-refractivity contribution in [1.82, 2.24) is 19.4 Å². The number of aliphatic hydroxyl groups excluding tert-OH is 2. The van der Waals surface area contributed by atoms with Crippen molar-refractivity contribution in [2.45, 2.75) is 13.8 Å². The highest BCUT2D eigenvalue weighted by Crippen LogP contribution is 2.38. The van der Waals surface area contributed by atoms with Gasteiger partial charge in [0.15, 0.2) is 0 Å². The lowest BCUT2D eigenvalue weighted by atomic mass is 10.1. The molecular weight excluding hydrogens is 623 g/mol. The molecule has 4 N–H and O–H groups in total. The number of para-hydroxylation sites is 1. The first-order valence-corrected chi connectivity index (χ1v) is 17.1. The molecule has 0 saturated carbocycles. The molecule has 46 heavy (non-hydrogen) atoms. The third-order valence-corrected chi connectivity index (χ3v) is 9.56. The molecular formula is C33H45N7O4S2. The van der Waals surface area contributed by atoms with Crippen LogP contribution in [0.25, 0.3) is 22.2 Å². The Labute approximate surface area is 278 Å². The van der Waals surface area contributed by atoms with Crippen molar-refractivity contribution in [2.24, 2.45) is 13.0 Å². The number of benzene rings is 2. The molecule has 2 heterocycles. The third-order valence-electron chi connectivity index (χ3n) is 7.40. The van der Waals surface area contributed by atoms with Gasteiger partial charge in [0.1, 0.15) is 5.75 Å². The number of hydrogen-bond acceptors (Lipinski definition) is 7. The molecule has 0 saturated heterocycles. The summed E-state index contributed by atoms with van der Waals surface area (Å²) < 4.78 is 7.89. The van der Waals surface area contributed by atoms with Gasteiger partial charge in [-0.15, -0.1) is 0 Å². The Bertz CT molecular complexity index is 1710. The van der Waals surface area contributed by atoms with E-state index >= 15 is 0 Å². The fraction of sp³-hybridized carbons (Fsp3) is 0.364. The average Bonchev–Trinajstić information content (AvgIpc) is 3.36. The van der Waals surface area contributed by atoms with Gasteiger partial charge in [-0.1, -0.05) is 18.2 Å². The summed E-state index contributed by atoms with van der Waals surface area (Å²) in [4.78, 5) is 27.2. The molecule has 0 aliphatic carbocycles. The minimum atomic E-state index is -0.438. The van der Waals surface area contributed by atoms with E-state index in [1.165, 1.54) is 0 Å². The van der Waals surface area contributed by atoms with Crippen LogP contribution in [0.2, 0.25) is 0 Å². The first kappa shape index (κ1) is 35.1. The molecule has 11 nitrogen and oxygen atoms in total. The minimum absolute atomic E-state index is 0.199. The number of thiol groups is 2. The topological polar surface area (TPSA) is 128 Å². The van der Waals surface area contributed by atoms with Crippen molar-refractivity contribution in [2.75, 3.05) is 68.4 Å². The van der Waals surface area contributed by atoms with E-state index in [2.05, 4.69) is 48.3 Å². The predicted octanol–water partition coefficient (Wildman–Crippen LogP) is 5.29. The first-order chi connectivity index (χ1) is 22.0. The largest absolute Gasteiger partial charge is 0.494 e. The number of aliphatic hydroxyl groups is 2. The Balaban J connectivity index is 1.72. The monoisotopic (exact) mass is 667 g/mol. The Morgan fingerprint density at radius 1 is 1.02 bits per heavy atom. The zero-order chi connectivity index (χ0) is 33.4. The normalized spacial score (nSPS) is 13.2. The van der Waals surface area contributed by atoms with Crippen LogP contribution in [0.15, 0.2) is 54.9 Å². The maximum atomic E-state index is 13.7. The van der Waals surface area contributed by atoms with Crippen LogP contribution in [0, 0.1) is 5.92 Å². The van der Waals surface area contributed by atoms with Gasteiger partial charge in [-0.25, -0.2) is 9.97 Å². The van der Waals surface area contributed by atoms with Crippen LogP contribution in [-0.2, 0) is 11.8 Å². The summed E-state index contributed by atoms with van der Waals surface area (Å²) in [7, 11) is 9.62. The number of nitrogens with zero attached hydrogens (tertiary/aromatic N) is 5. The second-order valence-corrected chi connectivity index (χ2v) is 14.0. The molecule has 0 aliphatic rings. The van der Waals surface area contributed by atoms with Gasteiger partial charge in [0.25, 0.3) is 0 Å². The number of methoxy groups -OCH3 is 1. The number of nitrogens with one attached hydrogen (secondary N) is 2. The summed E-state index contributed by atoms with van der Waals surface area (Å²) in [6.45, 7) is 4.75. The van der Waals surface area contributed by atoms with Gasteiger partial charge in [0.2, 0.25) is 11.9 Å². The second-order valence-electron chi connectivity index (χ2n) is 11.3. The number of hydrogen-bond donors (Lipinski definition) is 6. The van der Waals surface area contributed by atoms with Gasteiger partial charge in [0.05, 0.1) is 45.9 Å². The number of ether oxygens (including phenoxy) is 1. The Kier molecular flexibility index (Phi) is 12.4. The van der Waals surface area contributed by atoms with E-state index in [0.29, 0.717) is 63.8 Å². The number of anilines is 4. The predicted molar refractivity (Wildman–Crippen MR) is 198 cm³/mol. The molecule has 248 valence electrons. The smallest absolute Gasteiger partial charge is 0.229 e. The quantitative estimate of drug-likeness (QED) is 0.0786. The Morgan fingerprint density at radius 3 is 2.37 bits per heavy atom. The summed E-state index contributed by atoms with van der Waals surface area (Å²) in [6.07, 6.45) is 3.78. The van der Waals surface area contributed by atoms with Crippen molar-refractivity contribution >= 4 is 72.6 Å². The van der Waals surface area contributed by atoms with E-state index in [9.17, 15) is 15.0 Å². The average molecular weight is 668 g/mol. The fourth-order valence-electron chi connectivity index (χ4n) is 4.90. The lowest BCUT2D eigenvalue weighted by Gasteiger charge is -2.26. The minimum Gasteiger partial charge on any atom is -0.494 e. The van der Waals surface area contributed by atoms with Gasteiger partial charge < -0.3 is 40.0 Å². The molecule has 2 aromatic heterocycles. The molecule has 1 amide bonds. The van der Waals surface area contributed by atoms with Gasteiger partial charge >= 0.3 is 0 Å². The van der Waals surface area contributed by atoms with Crippen molar-refractivity contribution in [1.29, 1.82) is 0 Å². The maximum Gasteiger partial charge on any atom is 0.229 e. The molecule has 4 aromatic rings. The molecule has 0 atom stereocenters. The van der Waals surface area contributed by atoms with Crippen LogP contribution in [0.1, 0.15) is 13.8 Å². The summed E-state index contributed by atoms with van der Waals surface area (Å²) >= 11 is 1.34. The van der Waals surface area contributed by atoms with Gasteiger partial charge in [-0.2, -0.15) is 22.7 Å².